The number of carbonyl (C=O) groups is 2. The van der Waals surface area contributed by atoms with E-state index in [1.807, 2.05) is 30.3 Å². The molecule has 0 bridgehead atoms. The Morgan fingerprint density at radius 2 is 1.86 bits per heavy atom. The molecule has 1 unspecified atom stereocenters. The molecule has 0 aliphatic carbocycles. The SMILES string of the molecule is CC1(C(=O)O)CCCN1C(=O)c1ccc2cc(Br)ccc2c1. The van der Waals surface area contributed by atoms with Crippen LogP contribution >= 0.6 is 15.9 Å². The Hall–Kier alpha value is -1.88. The molecule has 1 N–H and O–H groups in total. The zero-order chi connectivity index (χ0) is 15.9. The molecule has 4 nitrogen and oxygen atoms in total. The quantitative estimate of drug-likeness (QED) is 0.887. The molecule has 2 aromatic carbocycles. The second kappa shape index (κ2) is 5.39. The maximum absolute atomic E-state index is 12.7. The summed E-state index contributed by atoms with van der Waals surface area (Å²) in [5, 5.41) is 11.4. The van der Waals surface area contributed by atoms with E-state index in [2.05, 4.69) is 15.9 Å². The number of carbonyl (C=O) groups excluding carboxylic acids is 1. The minimum absolute atomic E-state index is 0.216. The molecule has 0 radical (unpaired) electrons. The molecule has 0 aromatic heterocycles. The maximum Gasteiger partial charge on any atom is 0.329 e. The third-order valence-corrected chi connectivity index (χ3v) is 4.89. The standard InChI is InChI=1S/C17H16BrNO3/c1-17(16(21)22)7-2-8-19(17)15(20)13-4-3-12-10-14(18)6-5-11(12)9-13/h3-6,9-10H,2,7-8H2,1H3,(H,21,22). The maximum atomic E-state index is 12.7. The number of nitrogens with zero attached hydrogens (tertiary/aromatic N) is 1. The first-order valence-corrected chi connectivity index (χ1v) is 7.96. The molecule has 3 rings (SSSR count). The molecular formula is C17H16BrNO3. The normalized spacial score (nSPS) is 21.3. The van der Waals surface area contributed by atoms with Crippen molar-refractivity contribution in [2.24, 2.45) is 0 Å². The zero-order valence-corrected chi connectivity index (χ0v) is 13.8. The van der Waals surface area contributed by atoms with Crippen molar-refractivity contribution in [3.05, 3.63) is 46.4 Å². The fourth-order valence-electron chi connectivity index (χ4n) is 3.02. The average molecular weight is 362 g/mol. The Kier molecular flexibility index (Phi) is 3.68. The molecule has 1 atom stereocenters. The molecule has 0 saturated carbocycles. The smallest absolute Gasteiger partial charge is 0.329 e. The highest BCUT2D eigenvalue weighted by atomic mass is 79.9. The van der Waals surface area contributed by atoms with E-state index in [4.69, 9.17) is 0 Å². The third kappa shape index (κ3) is 2.39. The summed E-state index contributed by atoms with van der Waals surface area (Å²) in [6, 6.07) is 11.3. The molecule has 5 heteroatoms. The van der Waals surface area contributed by atoms with Gasteiger partial charge in [-0.1, -0.05) is 28.1 Å². The van der Waals surface area contributed by atoms with Crippen molar-refractivity contribution in [2.75, 3.05) is 6.54 Å². The van der Waals surface area contributed by atoms with Crippen LogP contribution in [0.1, 0.15) is 30.1 Å². The topological polar surface area (TPSA) is 57.6 Å². The number of hydrogen-bond donors (Lipinski definition) is 1. The van der Waals surface area contributed by atoms with Crippen LogP contribution in [0.4, 0.5) is 0 Å². The third-order valence-electron chi connectivity index (χ3n) is 4.40. The highest BCUT2D eigenvalue weighted by molar-refractivity contribution is 9.10. The fourth-order valence-corrected chi connectivity index (χ4v) is 3.40. The Labute approximate surface area is 136 Å². The Bertz CT molecular complexity index is 774. The summed E-state index contributed by atoms with van der Waals surface area (Å²) in [4.78, 5) is 25.7. The van der Waals surface area contributed by atoms with Crippen molar-refractivity contribution in [3.63, 3.8) is 0 Å². The first-order valence-electron chi connectivity index (χ1n) is 7.16. The van der Waals surface area contributed by atoms with Gasteiger partial charge in [0.25, 0.3) is 5.91 Å². The van der Waals surface area contributed by atoms with Gasteiger partial charge < -0.3 is 10.0 Å². The first-order chi connectivity index (χ1) is 10.4. The molecule has 1 aliphatic heterocycles. The van der Waals surface area contributed by atoms with Gasteiger partial charge in [-0.05, 0) is 54.8 Å². The molecule has 22 heavy (non-hydrogen) atoms. The number of benzene rings is 2. The fraction of sp³-hybridized carbons (Fsp3) is 0.294. The van der Waals surface area contributed by atoms with Crippen LogP contribution in [0.3, 0.4) is 0 Å². The molecule has 2 aromatic rings. The second-order valence-corrected chi connectivity index (χ2v) is 6.76. The zero-order valence-electron chi connectivity index (χ0n) is 12.2. The number of rotatable bonds is 2. The van der Waals surface area contributed by atoms with E-state index in [0.717, 1.165) is 21.7 Å². The largest absolute Gasteiger partial charge is 0.480 e. The summed E-state index contributed by atoms with van der Waals surface area (Å²) in [6.07, 6.45) is 1.21. The lowest BCUT2D eigenvalue weighted by atomic mass is 9.98. The number of likely N-dealkylation sites (tertiary alicyclic amines) is 1. The second-order valence-electron chi connectivity index (χ2n) is 5.85. The number of halogens is 1. The predicted octanol–water partition coefficient (Wildman–Crippen LogP) is 3.68. The summed E-state index contributed by atoms with van der Waals surface area (Å²) in [5.74, 6) is -1.16. The number of carboxylic acid groups (broad SMARTS) is 1. The number of hydrogen-bond acceptors (Lipinski definition) is 2. The molecule has 1 heterocycles. The van der Waals surface area contributed by atoms with Crippen molar-refractivity contribution in [1.82, 2.24) is 4.90 Å². The van der Waals surface area contributed by atoms with Gasteiger partial charge in [0.15, 0.2) is 0 Å². The molecule has 1 fully saturated rings. The monoisotopic (exact) mass is 361 g/mol. The molecular weight excluding hydrogens is 346 g/mol. The molecule has 1 saturated heterocycles. The van der Waals surface area contributed by atoms with Gasteiger partial charge in [-0.15, -0.1) is 0 Å². The molecule has 1 amide bonds. The summed E-state index contributed by atoms with van der Waals surface area (Å²) >= 11 is 3.42. The van der Waals surface area contributed by atoms with E-state index in [1.54, 1.807) is 13.0 Å². The minimum atomic E-state index is -1.11. The lowest BCUT2D eigenvalue weighted by molar-refractivity contribution is -0.147. The number of fused-ring (bicyclic) bond motifs is 1. The van der Waals surface area contributed by atoms with E-state index in [9.17, 15) is 14.7 Å². The van der Waals surface area contributed by atoms with Gasteiger partial charge in [-0.2, -0.15) is 0 Å². The van der Waals surface area contributed by atoms with Crippen LogP contribution in [0.2, 0.25) is 0 Å². The van der Waals surface area contributed by atoms with Crippen LogP contribution in [-0.2, 0) is 4.79 Å². The van der Waals surface area contributed by atoms with E-state index in [0.29, 0.717) is 18.5 Å². The van der Waals surface area contributed by atoms with E-state index in [1.165, 1.54) is 4.90 Å². The van der Waals surface area contributed by atoms with Gasteiger partial charge in [-0.25, -0.2) is 4.79 Å². The molecule has 0 spiro atoms. The summed E-state index contributed by atoms with van der Waals surface area (Å²) in [6.45, 7) is 2.11. The Balaban J connectivity index is 1.98. The minimum Gasteiger partial charge on any atom is -0.480 e. The van der Waals surface area contributed by atoms with Gasteiger partial charge in [0.1, 0.15) is 5.54 Å². The Morgan fingerprint density at radius 3 is 2.59 bits per heavy atom. The van der Waals surface area contributed by atoms with Crippen LogP contribution in [0.5, 0.6) is 0 Å². The van der Waals surface area contributed by atoms with Gasteiger partial charge in [0.05, 0.1) is 0 Å². The van der Waals surface area contributed by atoms with Crippen molar-refractivity contribution in [3.8, 4) is 0 Å². The van der Waals surface area contributed by atoms with Crippen LogP contribution in [0, 0.1) is 0 Å². The van der Waals surface area contributed by atoms with E-state index in [-0.39, 0.29) is 5.91 Å². The predicted molar refractivity (Wildman–Crippen MR) is 88.0 cm³/mol. The number of aliphatic carboxylic acids is 1. The number of carboxylic acids is 1. The van der Waals surface area contributed by atoms with Crippen molar-refractivity contribution < 1.29 is 14.7 Å². The summed E-state index contributed by atoms with van der Waals surface area (Å²) in [5.41, 5.74) is -0.574. The van der Waals surface area contributed by atoms with Gasteiger partial charge in [-0.3, -0.25) is 4.79 Å². The molecule has 114 valence electrons. The van der Waals surface area contributed by atoms with Gasteiger partial charge >= 0.3 is 5.97 Å². The average Bonchev–Trinajstić information content (AvgIpc) is 2.89. The lowest BCUT2D eigenvalue weighted by Gasteiger charge is -2.31. The molecule has 1 aliphatic rings. The lowest BCUT2D eigenvalue weighted by Crippen LogP contribution is -2.50. The van der Waals surface area contributed by atoms with E-state index >= 15 is 0 Å². The van der Waals surface area contributed by atoms with Crippen LogP contribution < -0.4 is 0 Å². The van der Waals surface area contributed by atoms with Crippen molar-refractivity contribution in [1.29, 1.82) is 0 Å². The van der Waals surface area contributed by atoms with Gasteiger partial charge in [0.2, 0.25) is 0 Å². The highest BCUT2D eigenvalue weighted by Crippen LogP contribution is 2.31. The van der Waals surface area contributed by atoms with Crippen LogP contribution in [0.15, 0.2) is 40.9 Å². The summed E-state index contributed by atoms with van der Waals surface area (Å²) < 4.78 is 0.983. The van der Waals surface area contributed by atoms with Crippen LogP contribution in [-0.4, -0.2) is 34.0 Å². The number of amides is 1. The van der Waals surface area contributed by atoms with E-state index < -0.39 is 11.5 Å². The van der Waals surface area contributed by atoms with Crippen molar-refractivity contribution >= 4 is 38.6 Å². The van der Waals surface area contributed by atoms with Crippen LogP contribution in [0.25, 0.3) is 10.8 Å². The van der Waals surface area contributed by atoms with Gasteiger partial charge in [0, 0.05) is 16.6 Å². The Morgan fingerprint density at radius 1 is 1.18 bits per heavy atom. The van der Waals surface area contributed by atoms with Crippen molar-refractivity contribution in [2.45, 2.75) is 25.3 Å². The highest BCUT2D eigenvalue weighted by Gasteiger charge is 2.46. The summed E-state index contributed by atoms with van der Waals surface area (Å²) in [7, 11) is 0. The first kappa shape index (κ1) is 15.0.